The van der Waals surface area contributed by atoms with Crippen molar-refractivity contribution in [3.8, 4) is 0 Å². The van der Waals surface area contributed by atoms with E-state index in [0.717, 1.165) is 77.0 Å². The zero-order valence-corrected chi connectivity index (χ0v) is 54.7. The summed E-state index contributed by atoms with van der Waals surface area (Å²) in [5.41, 5.74) is 0. The van der Waals surface area contributed by atoms with Crippen molar-refractivity contribution < 1.29 is 15.0 Å². The number of carbonyl (C=O) groups is 1. The number of rotatable bonds is 66. The monoisotopic (exact) mass is 1140 g/mol. The van der Waals surface area contributed by atoms with Crippen molar-refractivity contribution in [1.29, 1.82) is 0 Å². The third-order valence-corrected chi connectivity index (χ3v) is 16.3. The Morgan fingerprint density at radius 2 is 0.537 bits per heavy atom. The van der Waals surface area contributed by atoms with Crippen LogP contribution in [0.2, 0.25) is 0 Å². The van der Waals surface area contributed by atoms with Crippen LogP contribution in [0.25, 0.3) is 0 Å². The minimum absolute atomic E-state index is 0.0655. The summed E-state index contributed by atoms with van der Waals surface area (Å²) in [6, 6.07) is -0.632. The van der Waals surface area contributed by atoms with Crippen molar-refractivity contribution in [3.05, 3.63) is 109 Å². The van der Waals surface area contributed by atoms with Gasteiger partial charge in [-0.15, -0.1) is 0 Å². The maximum absolute atomic E-state index is 12.6. The molecule has 2 unspecified atom stereocenters. The zero-order valence-electron chi connectivity index (χ0n) is 54.7. The number of hydrogen-bond acceptors (Lipinski definition) is 3. The maximum Gasteiger partial charge on any atom is 0.220 e. The molecule has 1 amide bonds. The van der Waals surface area contributed by atoms with E-state index in [1.165, 1.54) is 263 Å². The molecular weight excluding hydrogens is 999 g/mol. The molecule has 0 aliphatic heterocycles. The van der Waals surface area contributed by atoms with Gasteiger partial charge in [-0.3, -0.25) is 4.79 Å². The first-order valence-corrected chi connectivity index (χ1v) is 36.1. The standard InChI is InChI=1S/C78H139NO3/c1-3-5-7-9-11-13-15-17-19-21-23-25-27-29-31-33-35-37-38-39-40-42-44-46-48-50-52-54-56-58-60-62-64-66-68-70-72-74-78(82)79-76(75-80)77(81)73-71-69-67-65-63-61-59-57-55-53-51-49-47-45-43-41-36-34-32-30-28-26-24-22-20-18-16-14-12-10-8-6-4-2/h5,7,11,13,17,19,23,25,29,31,35,37,39-40,44,46,71,73,76-77,80-81H,3-4,6,8-10,12,14-16,18,20-22,24,26-28,30,32-34,36,38,41-43,45,47-70,72,74-75H2,1-2H3,(H,79,82)/b7-5-,13-11-,19-17-,25-23-,31-29-,37-35-,40-39-,46-44-,73-71+. The van der Waals surface area contributed by atoms with Gasteiger partial charge in [0.2, 0.25) is 5.91 Å². The Morgan fingerprint density at radius 1 is 0.305 bits per heavy atom. The van der Waals surface area contributed by atoms with E-state index in [2.05, 4.69) is 116 Å². The Bertz CT molecular complexity index is 1530. The molecule has 82 heavy (non-hydrogen) atoms. The Morgan fingerprint density at radius 3 is 0.805 bits per heavy atom. The highest BCUT2D eigenvalue weighted by Crippen LogP contribution is 2.18. The summed E-state index contributed by atoms with van der Waals surface area (Å²) in [6.07, 6.45) is 109. The summed E-state index contributed by atoms with van der Waals surface area (Å²) in [5, 5.41) is 23.3. The highest BCUT2D eigenvalue weighted by Gasteiger charge is 2.18. The Kier molecular flexibility index (Phi) is 69.7. The van der Waals surface area contributed by atoms with E-state index in [1.54, 1.807) is 6.08 Å². The van der Waals surface area contributed by atoms with E-state index in [0.29, 0.717) is 6.42 Å². The zero-order chi connectivity index (χ0) is 59.1. The second kappa shape index (κ2) is 72.3. The van der Waals surface area contributed by atoms with E-state index >= 15 is 0 Å². The van der Waals surface area contributed by atoms with Gasteiger partial charge in [-0.05, 0) is 83.5 Å². The van der Waals surface area contributed by atoms with Crippen LogP contribution in [0.3, 0.4) is 0 Å². The molecule has 0 aromatic carbocycles. The average molecular weight is 1140 g/mol. The number of nitrogens with one attached hydrogen (secondary N) is 1. The Labute approximate surface area is 512 Å². The van der Waals surface area contributed by atoms with Gasteiger partial charge in [-0.1, -0.05) is 380 Å². The summed E-state index contributed by atoms with van der Waals surface area (Å²) >= 11 is 0. The lowest BCUT2D eigenvalue weighted by Crippen LogP contribution is -2.45. The fourth-order valence-electron chi connectivity index (χ4n) is 10.8. The van der Waals surface area contributed by atoms with E-state index < -0.39 is 12.1 Å². The second-order valence-corrected chi connectivity index (χ2v) is 24.3. The van der Waals surface area contributed by atoms with Crippen LogP contribution in [0.5, 0.6) is 0 Å². The molecule has 0 rings (SSSR count). The number of hydrogen-bond donors (Lipinski definition) is 3. The molecule has 0 bridgehead atoms. The summed E-state index contributed by atoms with van der Waals surface area (Å²) < 4.78 is 0. The van der Waals surface area contributed by atoms with Gasteiger partial charge in [0.15, 0.2) is 0 Å². The third-order valence-electron chi connectivity index (χ3n) is 16.3. The number of carbonyl (C=O) groups excluding carboxylic acids is 1. The van der Waals surface area contributed by atoms with E-state index in [-0.39, 0.29) is 12.5 Å². The van der Waals surface area contributed by atoms with Crippen molar-refractivity contribution in [1.82, 2.24) is 5.32 Å². The van der Waals surface area contributed by atoms with Crippen molar-refractivity contribution >= 4 is 5.91 Å². The Balaban J connectivity index is 3.50. The van der Waals surface area contributed by atoms with Crippen LogP contribution >= 0.6 is 0 Å². The van der Waals surface area contributed by atoms with Crippen LogP contribution in [0.1, 0.15) is 361 Å². The van der Waals surface area contributed by atoms with E-state index in [1.807, 2.05) is 6.08 Å². The minimum Gasteiger partial charge on any atom is -0.394 e. The van der Waals surface area contributed by atoms with Gasteiger partial charge >= 0.3 is 0 Å². The first-order valence-electron chi connectivity index (χ1n) is 36.1. The molecule has 0 aliphatic carbocycles. The number of unbranched alkanes of at least 4 members (excludes halogenated alkanes) is 43. The van der Waals surface area contributed by atoms with Gasteiger partial charge in [0.25, 0.3) is 0 Å². The van der Waals surface area contributed by atoms with Gasteiger partial charge in [0, 0.05) is 6.42 Å². The Hall–Kier alpha value is -2.95. The molecule has 0 spiro atoms. The highest BCUT2D eigenvalue weighted by atomic mass is 16.3. The normalized spacial score (nSPS) is 13.4. The fourth-order valence-corrected chi connectivity index (χ4v) is 10.8. The molecule has 4 heteroatoms. The molecule has 0 aliphatic rings. The van der Waals surface area contributed by atoms with Crippen LogP contribution in [0, 0.1) is 0 Å². The van der Waals surface area contributed by atoms with E-state index in [4.69, 9.17) is 0 Å². The van der Waals surface area contributed by atoms with Crippen LogP contribution in [0.4, 0.5) is 0 Å². The quantitative estimate of drug-likeness (QED) is 0.0420. The van der Waals surface area contributed by atoms with Crippen LogP contribution < -0.4 is 5.32 Å². The van der Waals surface area contributed by atoms with Gasteiger partial charge in [-0.2, -0.15) is 0 Å². The highest BCUT2D eigenvalue weighted by molar-refractivity contribution is 5.76. The number of aliphatic hydroxyl groups is 2. The number of amides is 1. The first-order chi connectivity index (χ1) is 40.7. The average Bonchev–Trinajstić information content (AvgIpc) is 3.50. The van der Waals surface area contributed by atoms with Gasteiger partial charge in [0.05, 0.1) is 18.8 Å². The molecule has 0 fully saturated rings. The summed E-state index contributed by atoms with van der Waals surface area (Å²) in [6.45, 7) is 4.22. The smallest absolute Gasteiger partial charge is 0.220 e. The lowest BCUT2D eigenvalue weighted by Gasteiger charge is -2.20. The largest absolute Gasteiger partial charge is 0.394 e. The molecule has 0 saturated carbocycles. The first kappa shape index (κ1) is 79.0. The number of aliphatic hydroxyl groups excluding tert-OH is 2. The topological polar surface area (TPSA) is 69.6 Å². The molecule has 0 aromatic heterocycles. The summed E-state index contributed by atoms with van der Waals surface area (Å²) in [5.74, 6) is -0.0655. The fraction of sp³-hybridized carbons (Fsp3) is 0.756. The molecular formula is C78H139NO3. The molecule has 0 heterocycles. The second-order valence-electron chi connectivity index (χ2n) is 24.3. The van der Waals surface area contributed by atoms with Crippen LogP contribution in [0.15, 0.2) is 109 Å². The molecule has 0 radical (unpaired) electrons. The maximum atomic E-state index is 12.6. The lowest BCUT2D eigenvalue weighted by atomic mass is 10.0. The van der Waals surface area contributed by atoms with Crippen LogP contribution in [-0.2, 0) is 4.79 Å². The van der Waals surface area contributed by atoms with Crippen molar-refractivity contribution in [2.75, 3.05) is 6.61 Å². The lowest BCUT2D eigenvalue weighted by molar-refractivity contribution is -0.123. The third kappa shape index (κ3) is 67.8. The van der Waals surface area contributed by atoms with Gasteiger partial charge < -0.3 is 15.5 Å². The summed E-state index contributed by atoms with van der Waals surface area (Å²) in [4.78, 5) is 12.6. The van der Waals surface area contributed by atoms with Crippen molar-refractivity contribution in [2.45, 2.75) is 373 Å². The molecule has 0 aromatic rings. The van der Waals surface area contributed by atoms with Crippen molar-refractivity contribution in [2.24, 2.45) is 0 Å². The molecule has 0 saturated heterocycles. The van der Waals surface area contributed by atoms with E-state index in [9.17, 15) is 15.0 Å². The SMILES string of the molecule is CC/C=C\C/C=C\C/C=C\C/C=C\C/C=C\C/C=C\C/C=C\C/C=C\CCCCCCCCCCCCCCC(=O)NC(CO)C(O)/C=C/CCCCCCCCCCCCCCCCCCCCCCCCCCCCCCCCC. The molecule has 3 N–H and O–H groups in total. The molecule has 2 atom stereocenters. The van der Waals surface area contributed by atoms with Crippen LogP contribution in [-0.4, -0.2) is 34.9 Å². The number of allylic oxidation sites excluding steroid dienone is 17. The van der Waals surface area contributed by atoms with Gasteiger partial charge in [-0.25, -0.2) is 0 Å². The molecule has 4 nitrogen and oxygen atoms in total. The minimum atomic E-state index is -0.848. The molecule has 474 valence electrons. The predicted octanol–water partition coefficient (Wildman–Crippen LogP) is 24.9. The van der Waals surface area contributed by atoms with Gasteiger partial charge in [0.1, 0.15) is 0 Å². The summed E-state index contributed by atoms with van der Waals surface area (Å²) in [7, 11) is 0. The predicted molar refractivity (Wildman–Crippen MR) is 368 cm³/mol. The van der Waals surface area contributed by atoms with Crippen molar-refractivity contribution in [3.63, 3.8) is 0 Å².